The molecule has 0 radical (unpaired) electrons. The van der Waals surface area contributed by atoms with Crippen molar-refractivity contribution in [3.05, 3.63) is 58.2 Å². The molecule has 22 heavy (non-hydrogen) atoms. The Bertz CT molecular complexity index is 726. The predicted octanol–water partition coefficient (Wildman–Crippen LogP) is 4.92. The lowest BCUT2D eigenvalue weighted by molar-refractivity contribution is 0.410. The Balaban J connectivity index is 2.32. The maximum absolute atomic E-state index is 10.4. The maximum atomic E-state index is 10.4. The highest BCUT2D eigenvalue weighted by molar-refractivity contribution is 5.65. The molecule has 0 amide bonds. The molecule has 2 aromatic rings. The summed E-state index contributed by atoms with van der Waals surface area (Å²) in [6.45, 7) is 7.85. The van der Waals surface area contributed by atoms with Crippen LogP contribution in [0, 0.1) is 13.8 Å². The minimum Gasteiger partial charge on any atom is -0.507 e. The number of allylic oxidation sites excluding steroid dienone is 2. The zero-order chi connectivity index (χ0) is 16.0. The molecule has 3 heteroatoms. The molecule has 1 heterocycles. The molecule has 0 unspecified atom stereocenters. The Morgan fingerprint density at radius 3 is 1.77 bits per heavy atom. The minimum atomic E-state index is -0.218. The highest BCUT2D eigenvalue weighted by Crippen LogP contribution is 2.52. The number of phenols is 2. The quantitative estimate of drug-likeness (QED) is 0.734. The van der Waals surface area contributed by atoms with Crippen molar-refractivity contribution in [1.82, 2.24) is 0 Å². The molecule has 3 rings (SSSR count). The van der Waals surface area contributed by atoms with Gasteiger partial charge in [0.15, 0.2) is 0 Å². The van der Waals surface area contributed by atoms with Crippen molar-refractivity contribution in [2.75, 3.05) is 0 Å². The molecule has 1 aliphatic heterocycles. The van der Waals surface area contributed by atoms with E-state index in [-0.39, 0.29) is 17.4 Å². The van der Waals surface area contributed by atoms with Gasteiger partial charge in [-0.2, -0.15) is 0 Å². The molecule has 1 aliphatic rings. The zero-order valence-electron chi connectivity index (χ0n) is 13.3. The fourth-order valence-electron chi connectivity index (χ4n) is 3.05. The van der Waals surface area contributed by atoms with E-state index < -0.39 is 0 Å². The van der Waals surface area contributed by atoms with Crippen LogP contribution in [0.25, 0.3) is 0 Å². The molecule has 3 nitrogen and oxygen atoms in total. The Kier molecular flexibility index (Phi) is 3.36. The number of aromatic hydroxyl groups is 2. The molecule has 0 aromatic heterocycles. The molecule has 0 saturated heterocycles. The van der Waals surface area contributed by atoms with Gasteiger partial charge in [0.1, 0.15) is 23.0 Å². The lowest BCUT2D eigenvalue weighted by Gasteiger charge is -2.28. The lowest BCUT2D eigenvalue weighted by Crippen LogP contribution is -2.10. The van der Waals surface area contributed by atoms with Gasteiger partial charge in [-0.25, -0.2) is 0 Å². The molecule has 0 aliphatic carbocycles. The number of ether oxygens (including phenoxy) is 1. The van der Waals surface area contributed by atoms with Crippen LogP contribution in [0.2, 0.25) is 0 Å². The third kappa shape index (κ3) is 2.33. The maximum Gasteiger partial charge on any atom is 0.135 e. The lowest BCUT2D eigenvalue weighted by atomic mass is 9.84. The summed E-state index contributed by atoms with van der Waals surface area (Å²) < 4.78 is 5.96. The van der Waals surface area contributed by atoms with E-state index in [1.807, 2.05) is 45.9 Å². The van der Waals surface area contributed by atoms with Crippen LogP contribution in [-0.2, 0) is 0 Å². The van der Waals surface area contributed by atoms with E-state index in [9.17, 15) is 10.2 Å². The number of benzene rings is 2. The van der Waals surface area contributed by atoms with E-state index in [0.29, 0.717) is 22.6 Å². The van der Waals surface area contributed by atoms with Crippen molar-refractivity contribution in [1.29, 1.82) is 0 Å². The molecule has 114 valence electrons. The molecule has 0 bridgehead atoms. The monoisotopic (exact) mass is 296 g/mol. The van der Waals surface area contributed by atoms with Gasteiger partial charge in [0, 0.05) is 17.0 Å². The summed E-state index contributed by atoms with van der Waals surface area (Å²) in [6, 6.07) is 7.29. The molecule has 0 fully saturated rings. The standard InChI is InChI=1S/C19H20O3/c1-10(2)5-13-18-14(20)6-11(3)8-16(18)22-17-9-12(4)7-15(21)19(13)17/h5-9,13,20-21H,1-4H3. The van der Waals surface area contributed by atoms with Gasteiger partial charge in [0.05, 0.1) is 0 Å². The van der Waals surface area contributed by atoms with Crippen LogP contribution in [0.1, 0.15) is 42.0 Å². The summed E-state index contributed by atoms with van der Waals surface area (Å²) in [5.41, 5.74) is 4.40. The second kappa shape index (κ2) is 5.09. The first kappa shape index (κ1) is 14.5. The first-order valence-corrected chi connectivity index (χ1v) is 7.36. The van der Waals surface area contributed by atoms with E-state index in [4.69, 9.17) is 4.74 Å². The fourth-order valence-corrected chi connectivity index (χ4v) is 3.05. The largest absolute Gasteiger partial charge is 0.507 e. The van der Waals surface area contributed by atoms with E-state index in [1.54, 1.807) is 12.1 Å². The average molecular weight is 296 g/mol. The zero-order valence-corrected chi connectivity index (χ0v) is 13.3. The second-order valence-corrected chi connectivity index (χ2v) is 6.22. The summed E-state index contributed by atoms with van der Waals surface area (Å²) in [6.07, 6.45) is 2.05. The third-order valence-corrected chi connectivity index (χ3v) is 3.87. The van der Waals surface area contributed by atoms with Gasteiger partial charge < -0.3 is 14.9 Å². The number of hydrogen-bond acceptors (Lipinski definition) is 3. The van der Waals surface area contributed by atoms with Gasteiger partial charge in [-0.15, -0.1) is 0 Å². The molecular formula is C19H20O3. The fraction of sp³-hybridized carbons (Fsp3) is 0.263. The summed E-state index contributed by atoms with van der Waals surface area (Å²) in [5.74, 6) is 1.48. The Hall–Kier alpha value is -2.42. The van der Waals surface area contributed by atoms with Gasteiger partial charge in [0.25, 0.3) is 0 Å². The Labute approximate surface area is 130 Å². The van der Waals surface area contributed by atoms with E-state index in [1.165, 1.54) is 0 Å². The molecule has 2 N–H and O–H groups in total. The minimum absolute atomic E-state index is 0.197. The summed E-state index contributed by atoms with van der Waals surface area (Å²) in [4.78, 5) is 0. The highest BCUT2D eigenvalue weighted by atomic mass is 16.5. The van der Waals surface area contributed by atoms with Crippen molar-refractivity contribution in [3.63, 3.8) is 0 Å². The highest BCUT2D eigenvalue weighted by Gasteiger charge is 2.31. The molecule has 0 saturated carbocycles. The van der Waals surface area contributed by atoms with Crippen molar-refractivity contribution < 1.29 is 14.9 Å². The number of hydrogen-bond donors (Lipinski definition) is 2. The third-order valence-electron chi connectivity index (χ3n) is 3.87. The van der Waals surface area contributed by atoms with Gasteiger partial charge in [-0.3, -0.25) is 0 Å². The van der Waals surface area contributed by atoms with E-state index in [0.717, 1.165) is 16.7 Å². The number of fused-ring (bicyclic) bond motifs is 2. The molecular weight excluding hydrogens is 276 g/mol. The molecule has 0 spiro atoms. The predicted molar refractivity (Wildman–Crippen MR) is 87.0 cm³/mol. The number of aryl methyl sites for hydroxylation is 2. The normalized spacial score (nSPS) is 13.1. The first-order chi connectivity index (χ1) is 10.4. The van der Waals surface area contributed by atoms with Crippen molar-refractivity contribution in [3.8, 4) is 23.0 Å². The number of phenolic OH excluding ortho intramolecular Hbond substituents is 2. The van der Waals surface area contributed by atoms with Crippen LogP contribution in [0.3, 0.4) is 0 Å². The van der Waals surface area contributed by atoms with Crippen LogP contribution in [-0.4, -0.2) is 10.2 Å². The van der Waals surface area contributed by atoms with E-state index >= 15 is 0 Å². The van der Waals surface area contributed by atoms with Gasteiger partial charge >= 0.3 is 0 Å². The van der Waals surface area contributed by atoms with Crippen molar-refractivity contribution in [2.45, 2.75) is 33.6 Å². The van der Waals surface area contributed by atoms with Crippen molar-refractivity contribution in [2.24, 2.45) is 0 Å². The van der Waals surface area contributed by atoms with E-state index in [2.05, 4.69) is 0 Å². The summed E-state index contributed by atoms with van der Waals surface area (Å²) in [5, 5.41) is 20.8. The second-order valence-electron chi connectivity index (χ2n) is 6.22. The molecule has 0 atom stereocenters. The van der Waals surface area contributed by atoms with Gasteiger partial charge in [0.2, 0.25) is 0 Å². The topological polar surface area (TPSA) is 49.7 Å². The van der Waals surface area contributed by atoms with Crippen LogP contribution in [0.15, 0.2) is 35.9 Å². The Morgan fingerprint density at radius 1 is 0.909 bits per heavy atom. The van der Waals surface area contributed by atoms with Crippen LogP contribution in [0.5, 0.6) is 23.0 Å². The Morgan fingerprint density at radius 2 is 1.36 bits per heavy atom. The smallest absolute Gasteiger partial charge is 0.135 e. The van der Waals surface area contributed by atoms with Gasteiger partial charge in [-0.1, -0.05) is 11.6 Å². The summed E-state index contributed by atoms with van der Waals surface area (Å²) >= 11 is 0. The molecule has 2 aromatic carbocycles. The SMILES string of the molecule is CC(C)=CC1c2c(O)cc(C)cc2Oc2cc(C)cc(O)c21. The average Bonchev–Trinajstić information content (AvgIpc) is 2.35. The first-order valence-electron chi connectivity index (χ1n) is 7.36. The summed E-state index contributed by atoms with van der Waals surface area (Å²) in [7, 11) is 0. The van der Waals surface area contributed by atoms with Crippen LogP contribution < -0.4 is 4.74 Å². The van der Waals surface area contributed by atoms with Gasteiger partial charge in [-0.05, 0) is 63.1 Å². The van der Waals surface area contributed by atoms with Crippen LogP contribution in [0.4, 0.5) is 0 Å². The number of rotatable bonds is 1. The van der Waals surface area contributed by atoms with Crippen LogP contribution >= 0.6 is 0 Å². The van der Waals surface area contributed by atoms with Crippen molar-refractivity contribution >= 4 is 0 Å².